The summed E-state index contributed by atoms with van der Waals surface area (Å²) in [6, 6.07) is 10.7. The van der Waals surface area contributed by atoms with Gasteiger partial charge in [0.2, 0.25) is 0 Å². The predicted molar refractivity (Wildman–Crippen MR) is 95.0 cm³/mol. The SMILES string of the molecule is CN.Cc1cc(C2=C[C@@H](C)CN=C2)cc(-c2cccnc2)c1. The predicted octanol–water partition coefficient (Wildman–Crippen LogP) is 3.74. The van der Waals surface area contributed by atoms with Gasteiger partial charge in [-0.2, -0.15) is 0 Å². The molecule has 1 atom stereocenters. The van der Waals surface area contributed by atoms with Crippen molar-refractivity contribution >= 4 is 11.8 Å². The van der Waals surface area contributed by atoms with E-state index in [1.54, 1.807) is 6.20 Å². The Morgan fingerprint density at radius 2 is 1.86 bits per heavy atom. The van der Waals surface area contributed by atoms with E-state index < -0.39 is 0 Å². The molecule has 3 nitrogen and oxygen atoms in total. The number of benzene rings is 1. The van der Waals surface area contributed by atoms with Crippen LogP contribution in [0, 0.1) is 12.8 Å². The number of aromatic nitrogens is 1. The molecule has 114 valence electrons. The fourth-order valence-corrected chi connectivity index (χ4v) is 2.54. The first kappa shape index (κ1) is 16.1. The van der Waals surface area contributed by atoms with Crippen molar-refractivity contribution in [1.29, 1.82) is 0 Å². The van der Waals surface area contributed by atoms with Crippen LogP contribution in [0.25, 0.3) is 16.7 Å². The number of nitrogens with two attached hydrogens (primary N) is 1. The smallest absolute Gasteiger partial charge is 0.0449 e. The van der Waals surface area contributed by atoms with Gasteiger partial charge in [-0.1, -0.05) is 31.2 Å². The van der Waals surface area contributed by atoms with Gasteiger partial charge in [0.05, 0.1) is 0 Å². The van der Waals surface area contributed by atoms with Gasteiger partial charge in [0.15, 0.2) is 0 Å². The average molecular weight is 293 g/mol. The zero-order valence-corrected chi connectivity index (χ0v) is 13.5. The van der Waals surface area contributed by atoms with Crippen LogP contribution in [-0.4, -0.2) is 24.8 Å². The van der Waals surface area contributed by atoms with Crippen molar-refractivity contribution in [1.82, 2.24) is 4.98 Å². The number of hydrogen-bond donors (Lipinski definition) is 1. The van der Waals surface area contributed by atoms with E-state index in [9.17, 15) is 0 Å². The van der Waals surface area contributed by atoms with Crippen LogP contribution in [0.4, 0.5) is 0 Å². The van der Waals surface area contributed by atoms with Gasteiger partial charge in [-0.15, -0.1) is 0 Å². The molecule has 2 aromatic rings. The highest BCUT2D eigenvalue weighted by Gasteiger charge is 2.09. The largest absolute Gasteiger partial charge is 0.333 e. The zero-order chi connectivity index (χ0) is 15.9. The van der Waals surface area contributed by atoms with Crippen LogP contribution in [-0.2, 0) is 0 Å². The summed E-state index contributed by atoms with van der Waals surface area (Å²) in [5.41, 5.74) is 10.6. The standard InChI is InChI=1S/C18H18N2.CH5N/c1-13-6-16(15-4-3-5-19-11-15)9-17(7-13)18-8-14(2)10-20-12-18;1-2/h3-9,11-12,14H,10H2,1-2H3;2H2,1H3/t14-;/m1./s1. The Labute approximate surface area is 132 Å². The molecule has 2 N–H and O–H groups in total. The van der Waals surface area contributed by atoms with Crippen molar-refractivity contribution in [2.75, 3.05) is 13.6 Å². The minimum atomic E-state index is 0.511. The van der Waals surface area contributed by atoms with Crippen LogP contribution in [0.3, 0.4) is 0 Å². The minimum absolute atomic E-state index is 0.511. The minimum Gasteiger partial charge on any atom is -0.333 e. The van der Waals surface area contributed by atoms with Gasteiger partial charge < -0.3 is 5.73 Å². The quantitative estimate of drug-likeness (QED) is 0.917. The number of aliphatic imine (C=N–C) groups is 1. The van der Waals surface area contributed by atoms with Crippen LogP contribution in [0.15, 0.2) is 53.8 Å². The fraction of sp³-hybridized carbons (Fsp3) is 0.263. The molecule has 0 fully saturated rings. The molecule has 22 heavy (non-hydrogen) atoms. The summed E-state index contributed by atoms with van der Waals surface area (Å²) in [5, 5.41) is 0. The molecule has 3 rings (SSSR count). The zero-order valence-electron chi connectivity index (χ0n) is 13.5. The number of aryl methyl sites for hydroxylation is 1. The second kappa shape index (κ2) is 7.66. The highest BCUT2D eigenvalue weighted by molar-refractivity contribution is 6.10. The molecule has 2 heterocycles. The van der Waals surface area contributed by atoms with Crippen LogP contribution in [0.1, 0.15) is 18.1 Å². The molecule has 1 aliphatic heterocycles. The molecule has 0 unspecified atom stereocenters. The maximum Gasteiger partial charge on any atom is 0.0449 e. The van der Waals surface area contributed by atoms with Crippen LogP contribution < -0.4 is 5.73 Å². The average Bonchev–Trinajstić information content (AvgIpc) is 2.57. The summed E-state index contributed by atoms with van der Waals surface area (Å²) in [4.78, 5) is 8.65. The summed E-state index contributed by atoms with van der Waals surface area (Å²) < 4.78 is 0. The van der Waals surface area contributed by atoms with E-state index in [0.717, 1.165) is 12.1 Å². The molecular formula is C19H23N3. The van der Waals surface area contributed by atoms with Crippen molar-refractivity contribution < 1.29 is 0 Å². The Morgan fingerprint density at radius 3 is 2.55 bits per heavy atom. The Morgan fingerprint density at radius 1 is 1.09 bits per heavy atom. The van der Waals surface area contributed by atoms with Crippen molar-refractivity contribution in [3.05, 3.63) is 59.9 Å². The molecular weight excluding hydrogens is 270 g/mol. The van der Waals surface area contributed by atoms with E-state index in [2.05, 4.69) is 59.9 Å². The Balaban J connectivity index is 0.000000847. The molecule has 0 saturated heterocycles. The molecule has 0 bridgehead atoms. The fourth-order valence-electron chi connectivity index (χ4n) is 2.54. The maximum absolute atomic E-state index is 4.50. The Kier molecular flexibility index (Phi) is 5.61. The van der Waals surface area contributed by atoms with Gasteiger partial charge in [-0.25, -0.2) is 0 Å². The summed E-state index contributed by atoms with van der Waals surface area (Å²) in [7, 11) is 1.50. The third-order valence-electron chi connectivity index (χ3n) is 3.49. The lowest BCUT2D eigenvalue weighted by Crippen LogP contribution is -2.04. The topological polar surface area (TPSA) is 51.3 Å². The van der Waals surface area contributed by atoms with E-state index in [1.807, 2.05) is 18.5 Å². The van der Waals surface area contributed by atoms with Gasteiger partial charge in [0.1, 0.15) is 0 Å². The first-order valence-corrected chi connectivity index (χ1v) is 7.54. The third kappa shape index (κ3) is 3.89. The Bertz CT molecular complexity index is 672. The number of pyridine rings is 1. The van der Waals surface area contributed by atoms with Crippen LogP contribution in [0.5, 0.6) is 0 Å². The second-order valence-corrected chi connectivity index (χ2v) is 5.42. The van der Waals surface area contributed by atoms with Gasteiger partial charge in [-0.3, -0.25) is 9.98 Å². The Hall–Kier alpha value is -2.26. The summed E-state index contributed by atoms with van der Waals surface area (Å²) in [6.07, 6.45) is 8.00. The molecule has 1 aromatic heterocycles. The highest BCUT2D eigenvalue weighted by Crippen LogP contribution is 2.26. The van der Waals surface area contributed by atoms with E-state index in [-0.39, 0.29) is 0 Å². The third-order valence-corrected chi connectivity index (χ3v) is 3.49. The summed E-state index contributed by atoms with van der Waals surface area (Å²) in [6.45, 7) is 5.23. The number of nitrogens with zero attached hydrogens (tertiary/aromatic N) is 2. The lowest BCUT2D eigenvalue weighted by molar-refractivity contribution is 0.740. The molecule has 1 aromatic carbocycles. The molecule has 0 amide bonds. The molecule has 3 heteroatoms. The van der Waals surface area contributed by atoms with E-state index in [4.69, 9.17) is 0 Å². The molecule has 0 radical (unpaired) electrons. The summed E-state index contributed by atoms with van der Waals surface area (Å²) >= 11 is 0. The monoisotopic (exact) mass is 293 g/mol. The normalized spacial score (nSPS) is 16.5. The molecule has 0 spiro atoms. The number of allylic oxidation sites excluding steroid dienone is 1. The number of dihydropyridines is 1. The maximum atomic E-state index is 4.50. The van der Waals surface area contributed by atoms with Crippen molar-refractivity contribution in [2.24, 2.45) is 16.6 Å². The van der Waals surface area contributed by atoms with Crippen LogP contribution in [0.2, 0.25) is 0 Å². The lowest BCUT2D eigenvalue weighted by atomic mass is 9.94. The number of hydrogen-bond acceptors (Lipinski definition) is 3. The first-order valence-electron chi connectivity index (χ1n) is 7.54. The molecule has 0 aliphatic carbocycles. The van der Waals surface area contributed by atoms with Crippen molar-refractivity contribution in [2.45, 2.75) is 13.8 Å². The van der Waals surface area contributed by atoms with Crippen molar-refractivity contribution in [3.63, 3.8) is 0 Å². The summed E-state index contributed by atoms with van der Waals surface area (Å²) in [5.74, 6) is 0.511. The van der Waals surface area contributed by atoms with Crippen LogP contribution >= 0.6 is 0 Å². The highest BCUT2D eigenvalue weighted by atomic mass is 14.7. The van der Waals surface area contributed by atoms with E-state index in [1.165, 1.54) is 29.3 Å². The second-order valence-electron chi connectivity index (χ2n) is 5.42. The van der Waals surface area contributed by atoms with Crippen molar-refractivity contribution in [3.8, 4) is 11.1 Å². The van der Waals surface area contributed by atoms with Gasteiger partial charge in [-0.05, 0) is 54.3 Å². The first-order chi connectivity index (χ1) is 10.7. The van der Waals surface area contributed by atoms with E-state index >= 15 is 0 Å². The van der Waals surface area contributed by atoms with Gasteiger partial charge >= 0.3 is 0 Å². The number of rotatable bonds is 2. The van der Waals surface area contributed by atoms with Gasteiger partial charge in [0, 0.05) is 30.7 Å². The molecule has 0 saturated carbocycles. The molecule has 1 aliphatic rings. The van der Waals surface area contributed by atoms with E-state index in [0.29, 0.717) is 5.92 Å². The lowest BCUT2D eigenvalue weighted by Gasteiger charge is -2.14. The van der Waals surface area contributed by atoms with Gasteiger partial charge in [0.25, 0.3) is 0 Å².